The Morgan fingerprint density at radius 3 is 2.40 bits per heavy atom. The summed E-state index contributed by atoms with van der Waals surface area (Å²) in [5, 5.41) is 2.93. The van der Waals surface area contributed by atoms with Gasteiger partial charge in [0.15, 0.2) is 0 Å². The van der Waals surface area contributed by atoms with Gasteiger partial charge in [-0.3, -0.25) is 4.79 Å². The summed E-state index contributed by atoms with van der Waals surface area (Å²) < 4.78 is 32.9. The number of piperidine rings is 1. The molecule has 0 spiro atoms. The van der Waals surface area contributed by atoms with Gasteiger partial charge in [-0.25, -0.2) is 8.42 Å². The van der Waals surface area contributed by atoms with Crippen molar-refractivity contribution in [2.75, 3.05) is 25.0 Å². The zero-order valence-corrected chi connectivity index (χ0v) is 18.6. The number of sulfonamides is 1. The van der Waals surface area contributed by atoms with Gasteiger partial charge < -0.3 is 10.1 Å². The Morgan fingerprint density at radius 2 is 1.80 bits per heavy atom. The van der Waals surface area contributed by atoms with E-state index in [2.05, 4.69) is 19.2 Å². The first-order valence-corrected chi connectivity index (χ1v) is 11.9. The van der Waals surface area contributed by atoms with Crippen molar-refractivity contribution in [3.63, 3.8) is 0 Å². The van der Waals surface area contributed by atoms with E-state index >= 15 is 0 Å². The van der Waals surface area contributed by atoms with Gasteiger partial charge in [-0.2, -0.15) is 4.31 Å². The van der Waals surface area contributed by atoms with Crippen LogP contribution in [0.2, 0.25) is 0 Å². The van der Waals surface area contributed by atoms with Crippen LogP contribution in [0.1, 0.15) is 45.1 Å². The predicted molar refractivity (Wildman–Crippen MR) is 118 cm³/mol. The molecule has 1 amide bonds. The number of carbonyl (C=O) groups excluding carboxylic acids is 1. The van der Waals surface area contributed by atoms with Gasteiger partial charge >= 0.3 is 0 Å². The highest BCUT2D eigenvalue weighted by Crippen LogP contribution is 2.26. The van der Waals surface area contributed by atoms with Crippen molar-refractivity contribution in [3.05, 3.63) is 54.1 Å². The first-order valence-electron chi connectivity index (χ1n) is 10.4. The Balaban J connectivity index is 1.67. The Labute approximate surface area is 179 Å². The SMILES string of the molecule is CCOc1ccc(S(=O)(=O)N2CCC[C@@H](C(=O)Nc3ccc(C(C)C)cc3)C2)cc1. The molecule has 3 rings (SSSR count). The zero-order chi connectivity index (χ0) is 21.7. The van der Waals surface area contributed by atoms with Crippen molar-refractivity contribution in [1.29, 1.82) is 0 Å². The molecule has 30 heavy (non-hydrogen) atoms. The third kappa shape index (κ3) is 5.21. The minimum atomic E-state index is -3.65. The van der Waals surface area contributed by atoms with E-state index in [1.807, 2.05) is 31.2 Å². The monoisotopic (exact) mass is 430 g/mol. The molecule has 0 bridgehead atoms. The normalized spacial score (nSPS) is 17.7. The number of ether oxygens (including phenoxy) is 1. The van der Waals surface area contributed by atoms with Gasteiger partial charge in [0.1, 0.15) is 5.75 Å². The number of hydrogen-bond donors (Lipinski definition) is 1. The Morgan fingerprint density at radius 1 is 1.13 bits per heavy atom. The summed E-state index contributed by atoms with van der Waals surface area (Å²) in [4.78, 5) is 13.0. The minimum Gasteiger partial charge on any atom is -0.494 e. The standard InChI is InChI=1S/C23H30N2O4S/c1-4-29-21-11-13-22(14-12-21)30(27,28)25-15-5-6-19(16-25)23(26)24-20-9-7-18(8-10-20)17(2)3/h7-14,17,19H,4-6,15-16H2,1-3H3,(H,24,26)/t19-/m1/s1. The van der Waals surface area contributed by atoms with Gasteiger partial charge in [0.05, 0.1) is 17.4 Å². The summed E-state index contributed by atoms with van der Waals surface area (Å²) in [6.07, 6.45) is 1.33. The highest BCUT2D eigenvalue weighted by atomic mass is 32.2. The van der Waals surface area contributed by atoms with Crippen molar-refractivity contribution in [2.24, 2.45) is 5.92 Å². The van der Waals surface area contributed by atoms with Crippen molar-refractivity contribution in [1.82, 2.24) is 4.31 Å². The molecule has 0 radical (unpaired) electrons. The van der Waals surface area contributed by atoms with Gasteiger partial charge in [0.25, 0.3) is 0 Å². The van der Waals surface area contributed by atoms with E-state index in [-0.39, 0.29) is 23.3 Å². The number of carbonyl (C=O) groups is 1. The molecular formula is C23H30N2O4S. The molecule has 1 N–H and O–H groups in total. The highest BCUT2D eigenvalue weighted by Gasteiger charge is 2.33. The van der Waals surface area contributed by atoms with Gasteiger partial charge in [-0.1, -0.05) is 26.0 Å². The lowest BCUT2D eigenvalue weighted by Crippen LogP contribution is -2.43. The minimum absolute atomic E-state index is 0.140. The predicted octanol–water partition coefficient (Wildman–Crippen LogP) is 4.25. The number of hydrogen-bond acceptors (Lipinski definition) is 4. The first-order chi connectivity index (χ1) is 14.3. The zero-order valence-electron chi connectivity index (χ0n) is 17.8. The van der Waals surface area contributed by atoms with Crippen molar-refractivity contribution in [2.45, 2.75) is 44.4 Å². The average Bonchev–Trinajstić information content (AvgIpc) is 2.75. The Bertz CT molecular complexity index is 954. The molecule has 2 aromatic carbocycles. The van der Waals surface area contributed by atoms with Crippen LogP contribution >= 0.6 is 0 Å². The van der Waals surface area contributed by atoms with Crippen molar-refractivity contribution < 1.29 is 17.9 Å². The summed E-state index contributed by atoms with van der Waals surface area (Å²) >= 11 is 0. The maximum atomic E-state index is 13.0. The number of nitrogens with zero attached hydrogens (tertiary/aromatic N) is 1. The van der Waals surface area contributed by atoms with Gasteiger partial charge in [0, 0.05) is 18.8 Å². The van der Waals surface area contributed by atoms with E-state index in [4.69, 9.17) is 4.74 Å². The molecule has 0 unspecified atom stereocenters. The lowest BCUT2D eigenvalue weighted by atomic mass is 9.98. The second-order valence-corrected chi connectivity index (χ2v) is 9.81. The van der Waals surface area contributed by atoms with E-state index in [9.17, 15) is 13.2 Å². The van der Waals surface area contributed by atoms with Gasteiger partial charge in [-0.15, -0.1) is 0 Å². The van der Waals surface area contributed by atoms with Crippen LogP contribution in [0.4, 0.5) is 5.69 Å². The summed E-state index contributed by atoms with van der Waals surface area (Å²) in [5.41, 5.74) is 1.94. The van der Waals surface area contributed by atoms with Crippen LogP contribution in [0.25, 0.3) is 0 Å². The lowest BCUT2D eigenvalue weighted by molar-refractivity contribution is -0.120. The molecule has 1 heterocycles. The van der Waals surface area contributed by atoms with E-state index < -0.39 is 10.0 Å². The van der Waals surface area contributed by atoms with Crippen LogP contribution in [0.5, 0.6) is 5.75 Å². The summed E-state index contributed by atoms with van der Waals surface area (Å²) in [6.45, 7) is 7.25. The topological polar surface area (TPSA) is 75.7 Å². The Hall–Kier alpha value is -2.38. The van der Waals surface area contributed by atoms with E-state index in [1.165, 1.54) is 9.87 Å². The average molecular weight is 431 g/mol. The molecule has 0 aliphatic carbocycles. The van der Waals surface area contributed by atoms with Crippen LogP contribution in [0.15, 0.2) is 53.4 Å². The molecule has 1 atom stereocenters. The number of amides is 1. The summed E-state index contributed by atoms with van der Waals surface area (Å²) in [7, 11) is -3.65. The molecule has 1 fully saturated rings. The van der Waals surface area contributed by atoms with Crippen molar-refractivity contribution in [3.8, 4) is 5.75 Å². The third-order valence-corrected chi connectivity index (χ3v) is 7.25. The quantitative estimate of drug-likeness (QED) is 0.713. The van der Waals surface area contributed by atoms with Crippen LogP contribution in [0, 0.1) is 5.92 Å². The Kier molecular flexibility index (Phi) is 7.15. The molecule has 1 aliphatic rings. The summed E-state index contributed by atoms with van der Waals surface area (Å²) in [5.74, 6) is 0.546. The van der Waals surface area contributed by atoms with E-state index in [1.54, 1.807) is 24.3 Å². The number of rotatable bonds is 7. The fourth-order valence-electron chi connectivity index (χ4n) is 3.59. The van der Waals surface area contributed by atoms with E-state index in [0.717, 1.165) is 5.69 Å². The van der Waals surface area contributed by atoms with Gasteiger partial charge in [0.2, 0.25) is 15.9 Å². The second kappa shape index (κ2) is 9.62. The molecule has 2 aromatic rings. The fraction of sp³-hybridized carbons (Fsp3) is 0.435. The lowest BCUT2D eigenvalue weighted by Gasteiger charge is -2.31. The fourth-order valence-corrected chi connectivity index (χ4v) is 5.12. The van der Waals surface area contributed by atoms with Crippen LogP contribution in [-0.2, 0) is 14.8 Å². The summed E-state index contributed by atoms with van der Waals surface area (Å²) in [6, 6.07) is 14.2. The number of nitrogens with one attached hydrogen (secondary N) is 1. The molecule has 1 aliphatic heterocycles. The third-order valence-electron chi connectivity index (χ3n) is 5.37. The van der Waals surface area contributed by atoms with Crippen LogP contribution < -0.4 is 10.1 Å². The molecule has 7 heteroatoms. The molecule has 162 valence electrons. The maximum absolute atomic E-state index is 13.0. The smallest absolute Gasteiger partial charge is 0.243 e. The molecular weight excluding hydrogens is 400 g/mol. The van der Waals surface area contributed by atoms with Crippen molar-refractivity contribution >= 4 is 21.6 Å². The second-order valence-electron chi connectivity index (χ2n) is 7.87. The largest absolute Gasteiger partial charge is 0.494 e. The molecule has 1 saturated heterocycles. The maximum Gasteiger partial charge on any atom is 0.243 e. The highest BCUT2D eigenvalue weighted by molar-refractivity contribution is 7.89. The van der Waals surface area contributed by atoms with Crippen LogP contribution in [-0.4, -0.2) is 38.3 Å². The van der Waals surface area contributed by atoms with Gasteiger partial charge in [-0.05, 0) is 67.6 Å². The van der Waals surface area contributed by atoms with Crippen LogP contribution in [0.3, 0.4) is 0 Å². The molecule has 6 nitrogen and oxygen atoms in total. The number of benzene rings is 2. The molecule has 0 saturated carbocycles. The molecule has 0 aromatic heterocycles. The first kappa shape index (κ1) is 22.3. The van der Waals surface area contributed by atoms with E-state index in [0.29, 0.717) is 37.7 Å². The number of anilines is 1.